The predicted molar refractivity (Wildman–Crippen MR) is 56.0 cm³/mol. The van der Waals surface area contributed by atoms with Gasteiger partial charge in [-0.3, -0.25) is 0 Å². The average Bonchev–Trinajstić information content (AvgIpc) is 2.24. The third-order valence-corrected chi connectivity index (χ3v) is 2.27. The van der Waals surface area contributed by atoms with Crippen molar-refractivity contribution in [3.8, 4) is 0 Å². The molecule has 0 amide bonds. The van der Waals surface area contributed by atoms with E-state index < -0.39 is 5.41 Å². The number of aliphatic hydroxyl groups excluding tert-OH is 4. The number of aliphatic hydroxyl groups is 4. The largest absolute Gasteiger partial charge is 0.396 e. The van der Waals surface area contributed by atoms with Gasteiger partial charge in [0.25, 0.3) is 0 Å². The quantitative estimate of drug-likeness (QED) is 0.509. The zero-order chi connectivity index (χ0) is 11.4. The third-order valence-electron chi connectivity index (χ3n) is 2.27. The van der Waals surface area contributed by atoms with Gasteiger partial charge in [-0.15, -0.1) is 0 Å². The van der Waals surface area contributed by atoms with Crippen LogP contribution in [0.1, 0.15) is 33.1 Å². The van der Waals surface area contributed by atoms with Crippen LogP contribution in [-0.4, -0.2) is 46.9 Å². The standard InChI is InChI=1S/C6H14O3.C4H10O.Ti/c1-2-6(3-7,4-8)5-9;1-2-3-4-5;/h7-9H,2-5H2,1H3;5H,2-4H2,1H3;. The maximum atomic E-state index is 8.66. The molecule has 0 fully saturated rings. The smallest absolute Gasteiger partial charge is 0.0531 e. The van der Waals surface area contributed by atoms with Gasteiger partial charge in [0, 0.05) is 33.7 Å². The summed E-state index contributed by atoms with van der Waals surface area (Å²) in [6.45, 7) is 3.75. The second kappa shape index (κ2) is 14.6. The van der Waals surface area contributed by atoms with E-state index in [9.17, 15) is 0 Å². The van der Waals surface area contributed by atoms with Crippen LogP contribution >= 0.6 is 0 Å². The molecule has 0 atom stereocenters. The molecule has 0 aliphatic rings. The molecule has 0 saturated carbocycles. The number of rotatable bonds is 6. The zero-order valence-electron chi connectivity index (χ0n) is 9.74. The summed E-state index contributed by atoms with van der Waals surface area (Å²) in [6.07, 6.45) is 2.63. The fourth-order valence-corrected chi connectivity index (χ4v) is 0.644. The van der Waals surface area contributed by atoms with Gasteiger partial charge in [-0.2, -0.15) is 0 Å². The van der Waals surface area contributed by atoms with Crippen molar-refractivity contribution in [1.29, 1.82) is 0 Å². The molecular weight excluding hydrogens is 232 g/mol. The van der Waals surface area contributed by atoms with E-state index >= 15 is 0 Å². The summed E-state index contributed by atoms with van der Waals surface area (Å²) >= 11 is 0. The topological polar surface area (TPSA) is 80.9 Å². The van der Waals surface area contributed by atoms with Gasteiger partial charge in [-0.1, -0.05) is 20.3 Å². The van der Waals surface area contributed by atoms with E-state index in [0.29, 0.717) is 13.0 Å². The summed E-state index contributed by atoms with van der Waals surface area (Å²) in [5.41, 5.74) is -0.667. The monoisotopic (exact) mass is 256 g/mol. The SMILES string of the molecule is CCC(CO)(CO)CO.CCCCO.[Ti]. The van der Waals surface area contributed by atoms with Gasteiger partial charge in [-0.05, 0) is 12.8 Å². The number of unbranched alkanes of at least 4 members (excludes halogenated alkanes) is 1. The fourth-order valence-electron chi connectivity index (χ4n) is 0.644. The summed E-state index contributed by atoms with van der Waals surface area (Å²) in [6, 6.07) is 0. The van der Waals surface area contributed by atoms with Gasteiger partial charge >= 0.3 is 0 Å². The normalized spacial score (nSPS) is 10.0. The van der Waals surface area contributed by atoms with E-state index in [2.05, 4.69) is 6.92 Å². The van der Waals surface area contributed by atoms with E-state index in [-0.39, 0.29) is 41.5 Å². The van der Waals surface area contributed by atoms with E-state index in [1.807, 2.05) is 6.92 Å². The molecule has 0 bridgehead atoms. The Hall–Kier alpha value is 0.554. The molecule has 0 aromatic heterocycles. The Kier molecular flexibility index (Phi) is 20.3. The molecule has 0 aliphatic heterocycles. The Morgan fingerprint density at radius 3 is 1.27 bits per heavy atom. The molecule has 0 aliphatic carbocycles. The molecule has 5 heteroatoms. The van der Waals surface area contributed by atoms with Crippen molar-refractivity contribution in [3.05, 3.63) is 0 Å². The van der Waals surface area contributed by atoms with Crippen molar-refractivity contribution in [2.45, 2.75) is 33.1 Å². The molecule has 4 N–H and O–H groups in total. The van der Waals surface area contributed by atoms with E-state index in [0.717, 1.165) is 12.8 Å². The number of hydrogen-bond acceptors (Lipinski definition) is 4. The van der Waals surface area contributed by atoms with Gasteiger partial charge in [0.1, 0.15) is 0 Å². The molecule has 92 valence electrons. The van der Waals surface area contributed by atoms with Crippen LogP contribution in [0.25, 0.3) is 0 Å². The van der Waals surface area contributed by atoms with Crippen LogP contribution < -0.4 is 0 Å². The van der Waals surface area contributed by atoms with Gasteiger partial charge in [0.15, 0.2) is 0 Å². The molecule has 0 aromatic rings. The first-order valence-electron chi connectivity index (χ1n) is 5.09. The van der Waals surface area contributed by atoms with E-state index in [1.54, 1.807) is 0 Å². The first-order chi connectivity index (χ1) is 6.66. The molecule has 4 nitrogen and oxygen atoms in total. The Bertz CT molecular complexity index is 88.1. The Morgan fingerprint density at radius 1 is 0.867 bits per heavy atom. The Labute approximate surface area is 107 Å². The van der Waals surface area contributed by atoms with Crippen molar-refractivity contribution in [3.63, 3.8) is 0 Å². The van der Waals surface area contributed by atoms with Gasteiger partial charge < -0.3 is 20.4 Å². The minimum atomic E-state index is -0.667. The van der Waals surface area contributed by atoms with Gasteiger partial charge in [0.05, 0.1) is 19.8 Å². The maximum Gasteiger partial charge on any atom is 0.0531 e. The minimum Gasteiger partial charge on any atom is -0.396 e. The predicted octanol–water partition coefficient (Wildman–Crippen LogP) is 0.136. The van der Waals surface area contributed by atoms with Crippen LogP contribution in [0.3, 0.4) is 0 Å². The Balaban J connectivity index is -0.000000208. The summed E-state index contributed by atoms with van der Waals surface area (Å²) in [5.74, 6) is 0. The van der Waals surface area contributed by atoms with Crippen molar-refractivity contribution >= 4 is 0 Å². The average molecular weight is 256 g/mol. The second-order valence-electron chi connectivity index (χ2n) is 3.41. The molecular formula is C10H24O4Ti. The van der Waals surface area contributed by atoms with Crippen LogP contribution in [0.5, 0.6) is 0 Å². The fraction of sp³-hybridized carbons (Fsp3) is 1.00. The van der Waals surface area contributed by atoms with Crippen molar-refractivity contribution in [2.75, 3.05) is 26.4 Å². The van der Waals surface area contributed by atoms with Crippen LogP contribution in [0.4, 0.5) is 0 Å². The second-order valence-corrected chi connectivity index (χ2v) is 3.41. The summed E-state index contributed by atoms with van der Waals surface area (Å²) < 4.78 is 0. The molecule has 0 spiro atoms. The minimum absolute atomic E-state index is 0. The first-order valence-corrected chi connectivity index (χ1v) is 5.09. The molecule has 0 saturated heterocycles. The molecule has 0 heterocycles. The molecule has 0 radical (unpaired) electrons. The summed E-state index contributed by atoms with van der Waals surface area (Å²) in [7, 11) is 0. The third kappa shape index (κ3) is 10.8. The van der Waals surface area contributed by atoms with Crippen molar-refractivity contribution in [1.82, 2.24) is 0 Å². The van der Waals surface area contributed by atoms with Crippen LogP contribution in [-0.2, 0) is 21.7 Å². The Morgan fingerprint density at radius 2 is 1.27 bits per heavy atom. The molecule has 0 rings (SSSR count). The van der Waals surface area contributed by atoms with E-state index in [1.165, 1.54) is 0 Å². The van der Waals surface area contributed by atoms with Gasteiger partial charge in [-0.25, -0.2) is 0 Å². The molecule has 0 unspecified atom stereocenters. The van der Waals surface area contributed by atoms with Crippen LogP contribution in [0, 0.1) is 5.41 Å². The zero-order valence-corrected chi connectivity index (χ0v) is 11.3. The van der Waals surface area contributed by atoms with Crippen molar-refractivity contribution < 1.29 is 42.1 Å². The molecule has 0 aromatic carbocycles. The maximum absolute atomic E-state index is 8.66. The first kappa shape index (κ1) is 20.9. The molecule has 15 heavy (non-hydrogen) atoms. The van der Waals surface area contributed by atoms with Crippen molar-refractivity contribution in [2.24, 2.45) is 5.41 Å². The summed E-state index contributed by atoms with van der Waals surface area (Å²) in [4.78, 5) is 0. The van der Waals surface area contributed by atoms with Crippen LogP contribution in [0.2, 0.25) is 0 Å². The van der Waals surface area contributed by atoms with E-state index in [4.69, 9.17) is 20.4 Å². The number of hydrogen-bond donors (Lipinski definition) is 4. The van der Waals surface area contributed by atoms with Gasteiger partial charge in [0.2, 0.25) is 0 Å². The summed E-state index contributed by atoms with van der Waals surface area (Å²) in [5, 5.41) is 34.0. The van der Waals surface area contributed by atoms with Crippen LogP contribution in [0.15, 0.2) is 0 Å².